The van der Waals surface area contributed by atoms with E-state index < -0.39 is 0 Å². The van der Waals surface area contributed by atoms with Crippen molar-refractivity contribution in [2.45, 2.75) is 19.4 Å². The van der Waals surface area contributed by atoms with Crippen molar-refractivity contribution in [2.24, 2.45) is 0 Å². The van der Waals surface area contributed by atoms with Crippen LogP contribution in [0, 0.1) is 0 Å². The molecule has 0 unspecified atom stereocenters. The van der Waals surface area contributed by atoms with Gasteiger partial charge in [0.1, 0.15) is 0 Å². The number of thiophene rings is 1. The predicted molar refractivity (Wildman–Crippen MR) is 61.9 cm³/mol. The molecule has 76 valence electrons. The van der Waals surface area contributed by atoms with E-state index >= 15 is 0 Å². The quantitative estimate of drug-likeness (QED) is 0.720. The van der Waals surface area contributed by atoms with Crippen LogP contribution in [0.2, 0.25) is 0 Å². The van der Waals surface area contributed by atoms with Gasteiger partial charge in [-0.3, -0.25) is 4.79 Å². The van der Waals surface area contributed by atoms with Crippen molar-refractivity contribution in [3.8, 4) is 0 Å². The monoisotopic (exact) mass is 273 g/mol. The molecular weight excluding hydrogens is 262 g/mol. The summed E-state index contributed by atoms with van der Waals surface area (Å²) in [6.07, 6.45) is 2.20. The van der Waals surface area contributed by atoms with Crippen LogP contribution in [0.1, 0.15) is 16.9 Å². The van der Waals surface area contributed by atoms with E-state index in [2.05, 4.69) is 27.4 Å². The second-order valence-corrected chi connectivity index (χ2v) is 4.98. The lowest BCUT2D eigenvalue weighted by Crippen LogP contribution is -2.31. The van der Waals surface area contributed by atoms with Gasteiger partial charge in [-0.25, -0.2) is 0 Å². The molecule has 0 aromatic carbocycles. The van der Waals surface area contributed by atoms with Gasteiger partial charge < -0.3 is 4.90 Å². The number of fused-ring (bicyclic) bond motifs is 1. The average Bonchev–Trinajstić information content (AvgIpc) is 2.54. The second-order valence-electron chi connectivity index (χ2n) is 3.42. The highest BCUT2D eigenvalue weighted by Gasteiger charge is 2.18. The maximum atomic E-state index is 11.5. The van der Waals surface area contributed by atoms with Crippen LogP contribution in [-0.2, 0) is 17.8 Å². The van der Waals surface area contributed by atoms with E-state index in [1.54, 1.807) is 11.3 Å². The molecule has 0 atom stereocenters. The molecule has 0 saturated heterocycles. The first-order valence-electron chi connectivity index (χ1n) is 4.70. The van der Waals surface area contributed by atoms with Gasteiger partial charge in [0.25, 0.3) is 0 Å². The fourth-order valence-electron chi connectivity index (χ4n) is 1.74. The Hall–Kier alpha value is -0.350. The molecule has 2 rings (SSSR count). The third-order valence-corrected chi connectivity index (χ3v) is 3.94. The molecule has 1 aromatic rings. The first kappa shape index (κ1) is 10.2. The zero-order valence-corrected chi connectivity index (χ0v) is 10.2. The molecule has 2 heterocycles. The van der Waals surface area contributed by atoms with Crippen LogP contribution in [0.4, 0.5) is 0 Å². The fourth-order valence-corrected chi connectivity index (χ4v) is 3.04. The number of carbonyl (C=O) groups excluding carboxylic acids is 1. The maximum absolute atomic E-state index is 11.5. The van der Waals surface area contributed by atoms with Gasteiger partial charge in [0.2, 0.25) is 5.91 Å². The van der Waals surface area contributed by atoms with Crippen molar-refractivity contribution < 1.29 is 4.79 Å². The van der Waals surface area contributed by atoms with Gasteiger partial charge in [0.05, 0.1) is 11.9 Å². The highest BCUT2D eigenvalue weighted by atomic mass is 79.9. The lowest BCUT2D eigenvalue weighted by molar-refractivity contribution is -0.128. The highest BCUT2D eigenvalue weighted by Crippen LogP contribution is 2.23. The molecule has 4 heteroatoms. The minimum Gasteiger partial charge on any atom is -0.337 e. The van der Waals surface area contributed by atoms with Gasteiger partial charge in [-0.05, 0) is 29.9 Å². The number of alkyl halides is 1. The Labute approximate surface area is 96.0 Å². The van der Waals surface area contributed by atoms with Crippen molar-refractivity contribution in [2.75, 3.05) is 11.9 Å². The van der Waals surface area contributed by atoms with Crippen LogP contribution in [0.15, 0.2) is 11.4 Å². The SMILES string of the molecule is O=C(CBr)N1CCCc2ccsc2C1. The van der Waals surface area contributed by atoms with E-state index in [0.717, 1.165) is 25.9 Å². The first-order chi connectivity index (χ1) is 6.81. The summed E-state index contributed by atoms with van der Waals surface area (Å²) in [6, 6.07) is 2.18. The molecule has 0 aliphatic carbocycles. The molecular formula is C10H12BrNOS. The van der Waals surface area contributed by atoms with E-state index in [1.807, 2.05) is 4.90 Å². The maximum Gasteiger partial charge on any atom is 0.233 e. The summed E-state index contributed by atoms with van der Waals surface area (Å²) in [4.78, 5) is 14.8. The van der Waals surface area contributed by atoms with E-state index in [-0.39, 0.29) is 5.91 Å². The molecule has 1 aliphatic rings. The Morgan fingerprint density at radius 3 is 3.29 bits per heavy atom. The molecule has 0 N–H and O–H groups in total. The standard InChI is InChI=1S/C10H12BrNOS/c11-6-10(13)12-4-1-2-8-3-5-14-9(8)7-12/h3,5H,1-2,4,6-7H2. The lowest BCUT2D eigenvalue weighted by atomic mass is 10.2. The molecule has 1 amide bonds. The van der Waals surface area contributed by atoms with Crippen LogP contribution >= 0.6 is 27.3 Å². The van der Waals surface area contributed by atoms with Crippen LogP contribution in [0.3, 0.4) is 0 Å². The summed E-state index contributed by atoms with van der Waals surface area (Å²) in [7, 11) is 0. The van der Waals surface area contributed by atoms with Crippen molar-refractivity contribution in [1.29, 1.82) is 0 Å². The van der Waals surface area contributed by atoms with Crippen molar-refractivity contribution in [3.63, 3.8) is 0 Å². The Kier molecular flexibility index (Phi) is 3.23. The summed E-state index contributed by atoms with van der Waals surface area (Å²) in [5.41, 5.74) is 1.43. The average molecular weight is 274 g/mol. The first-order valence-corrected chi connectivity index (χ1v) is 6.70. The zero-order valence-electron chi connectivity index (χ0n) is 7.83. The summed E-state index contributed by atoms with van der Waals surface area (Å²) < 4.78 is 0. The van der Waals surface area contributed by atoms with Crippen LogP contribution in [0.5, 0.6) is 0 Å². The Bertz CT molecular complexity index is 337. The summed E-state index contributed by atoms with van der Waals surface area (Å²) >= 11 is 4.98. The zero-order chi connectivity index (χ0) is 9.97. The molecule has 0 spiro atoms. The van der Waals surface area contributed by atoms with Gasteiger partial charge in [0.15, 0.2) is 0 Å². The van der Waals surface area contributed by atoms with Gasteiger partial charge >= 0.3 is 0 Å². The van der Waals surface area contributed by atoms with Crippen LogP contribution in [0.25, 0.3) is 0 Å². The number of hydrogen-bond acceptors (Lipinski definition) is 2. The molecule has 0 radical (unpaired) electrons. The number of amides is 1. The predicted octanol–water partition coefficient (Wildman–Crippen LogP) is 2.42. The number of carbonyl (C=O) groups is 1. The van der Waals surface area contributed by atoms with Gasteiger partial charge in [0, 0.05) is 11.4 Å². The number of hydrogen-bond donors (Lipinski definition) is 0. The van der Waals surface area contributed by atoms with Crippen molar-refractivity contribution in [1.82, 2.24) is 4.90 Å². The number of nitrogens with zero attached hydrogens (tertiary/aromatic N) is 1. The van der Waals surface area contributed by atoms with Crippen molar-refractivity contribution >= 4 is 33.2 Å². The normalized spacial score (nSPS) is 16.2. The number of halogens is 1. The molecule has 1 aliphatic heterocycles. The van der Waals surface area contributed by atoms with Gasteiger partial charge in [-0.1, -0.05) is 15.9 Å². The smallest absolute Gasteiger partial charge is 0.233 e. The largest absolute Gasteiger partial charge is 0.337 e. The van der Waals surface area contributed by atoms with Gasteiger partial charge in [-0.15, -0.1) is 11.3 Å². The third-order valence-electron chi connectivity index (χ3n) is 2.51. The molecule has 0 fully saturated rings. The Balaban J connectivity index is 2.15. The number of aryl methyl sites for hydroxylation is 1. The molecule has 0 bridgehead atoms. The second kappa shape index (κ2) is 4.45. The minimum absolute atomic E-state index is 0.200. The lowest BCUT2D eigenvalue weighted by Gasteiger charge is -2.18. The third kappa shape index (κ3) is 2.01. The molecule has 2 nitrogen and oxygen atoms in total. The topological polar surface area (TPSA) is 20.3 Å². The fraction of sp³-hybridized carbons (Fsp3) is 0.500. The molecule has 0 saturated carbocycles. The van der Waals surface area contributed by atoms with Crippen molar-refractivity contribution in [3.05, 3.63) is 21.9 Å². The summed E-state index contributed by atoms with van der Waals surface area (Å²) in [5.74, 6) is 0.200. The van der Waals surface area contributed by atoms with E-state index in [0.29, 0.717) is 5.33 Å². The van der Waals surface area contributed by atoms with E-state index in [9.17, 15) is 4.79 Å². The molecule has 14 heavy (non-hydrogen) atoms. The van der Waals surface area contributed by atoms with Gasteiger partial charge in [-0.2, -0.15) is 0 Å². The highest BCUT2D eigenvalue weighted by molar-refractivity contribution is 9.09. The summed E-state index contributed by atoms with van der Waals surface area (Å²) in [5, 5.41) is 2.56. The van der Waals surface area contributed by atoms with E-state index in [4.69, 9.17) is 0 Å². The minimum atomic E-state index is 0.200. The molecule has 1 aromatic heterocycles. The van der Waals surface area contributed by atoms with E-state index in [1.165, 1.54) is 10.4 Å². The summed E-state index contributed by atoms with van der Waals surface area (Å²) in [6.45, 7) is 1.70. The number of rotatable bonds is 1. The van der Waals surface area contributed by atoms with Crippen LogP contribution < -0.4 is 0 Å². The van der Waals surface area contributed by atoms with Crippen LogP contribution in [-0.4, -0.2) is 22.7 Å². The Morgan fingerprint density at radius 2 is 2.50 bits per heavy atom. The Morgan fingerprint density at radius 1 is 1.64 bits per heavy atom.